The lowest BCUT2D eigenvalue weighted by atomic mass is 10.2. The van der Waals surface area contributed by atoms with Crippen LogP contribution in [0.1, 0.15) is 46.0 Å². The molecule has 8 heteroatoms. The maximum atomic E-state index is 12.9. The standard InChI is InChI=1S/C20H25N5O2S/c1-12-8-14(3)25-19(21-12)22-23-20(25)28-11-18(26)17-9-13(2)24(15(17)4)10-16-6-5-7-27-16/h8-9,16H,5-7,10-11H2,1-4H3/t16-/m1/s1. The molecule has 3 aromatic rings. The number of ketones is 1. The largest absolute Gasteiger partial charge is 0.376 e. The summed E-state index contributed by atoms with van der Waals surface area (Å²) in [5, 5.41) is 9.05. The first-order valence-electron chi connectivity index (χ1n) is 9.57. The molecule has 7 nitrogen and oxygen atoms in total. The Bertz CT molecular complexity index is 1030. The van der Waals surface area contributed by atoms with Crippen LogP contribution in [0.2, 0.25) is 0 Å². The Hall–Kier alpha value is -2.19. The smallest absolute Gasteiger partial charge is 0.256 e. The summed E-state index contributed by atoms with van der Waals surface area (Å²) in [6.45, 7) is 9.65. The van der Waals surface area contributed by atoms with Gasteiger partial charge in [-0.05, 0) is 52.7 Å². The van der Waals surface area contributed by atoms with Crippen molar-refractivity contribution >= 4 is 23.3 Å². The molecule has 0 spiro atoms. The summed E-state index contributed by atoms with van der Waals surface area (Å²) in [5.41, 5.74) is 4.81. The molecule has 0 aromatic carbocycles. The summed E-state index contributed by atoms with van der Waals surface area (Å²) in [5.74, 6) is 0.992. The minimum absolute atomic E-state index is 0.103. The van der Waals surface area contributed by atoms with Crippen molar-refractivity contribution in [1.29, 1.82) is 0 Å². The Morgan fingerprint density at radius 3 is 2.79 bits per heavy atom. The number of nitrogens with zero attached hydrogens (tertiary/aromatic N) is 5. The van der Waals surface area contributed by atoms with Crippen LogP contribution in [0.4, 0.5) is 0 Å². The Balaban J connectivity index is 1.50. The molecule has 148 valence electrons. The molecule has 0 bridgehead atoms. The molecule has 0 aliphatic carbocycles. The first kappa shape index (κ1) is 19.1. The molecule has 0 saturated carbocycles. The lowest BCUT2D eigenvalue weighted by molar-refractivity contribution is 0.0957. The third kappa shape index (κ3) is 3.58. The average molecular weight is 400 g/mol. The van der Waals surface area contributed by atoms with E-state index in [1.807, 2.05) is 37.3 Å². The van der Waals surface area contributed by atoms with Crippen molar-refractivity contribution in [3.8, 4) is 0 Å². The van der Waals surface area contributed by atoms with Crippen molar-refractivity contribution in [1.82, 2.24) is 24.1 Å². The Morgan fingerprint density at radius 1 is 1.21 bits per heavy atom. The third-order valence-electron chi connectivity index (χ3n) is 5.28. The minimum Gasteiger partial charge on any atom is -0.376 e. The highest BCUT2D eigenvalue weighted by molar-refractivity contribution is 7.99. The summed E-state index contributed by atoms with van der Waals surface area (Å²) in [4.78, 5) is 17.3. The number of ether oxygens (including phenoxy) is 1. The van der Waals surface area contributed by atoms with Crippen molar-refractivity contribution < 1.29 is 9.53 Å². The van der Waals surface area contributed by atoms with Crippen molar-refractivity contribution in [3.05, 3.63) is 40.5 Å². The number of fused-ring (bicyclic) bond motifs is 1. The van der Waals surface area contributed by atoms with Crippen LogP contribution in [-0.4, -0.2) is 48.4 Å². The summed E-state index contributed by atoms with van der Waals surface area (Å²) < 4.78 is 9.86. The highest BCUT2D eigenvalue weighted by atomic mass is 32.2. The fraction of sp³-hybridized carbons (Fsp3) is 0.500. The van der Waals surface area contributed by atoms with E-state index in [1.54, 1.807) is 0 Å². The molecule has 1 atom stereocenters. The van der Waals surface area contributed by atoms with Crippen LogP contribution < -0.4 is 0 Å². The number of aryl methyl sites for hydroxylation is 3. The van der Waals surface area contributed by atoms with E-state index in [2.05, 4.69) is 26.7 Å². The van der Waals surface area contributed by atoms with E-state index in [-0.39, 0.29) is 11.9 Å². The number of carbonyl (C=O) groups is 1. The number of hydrogen-bond acceptors (Lipinski definition) is 6. The van der Waals surface area contributed by atoms with Gasteiger partial charge in [0.25, 0.3) is 5.78 Å². The lowest BCUT2D eigenvalue weighted by Gasteiger charge is -2.14. The highest BCUT2D eigenvalue weighted by Gasteiger charge is 2.21. The van der Waals surface area contributed by atoms with Gasteiger partial charge in [0.1, 0.15) is 0 Å². The fourth-order valence-electron chi connectivity index (χ4n) is 3.86. The molecule has 1 saturated heterocycles. The van der Waals surface area contributed by atoms with Crippen molar-refractivity contribution in [3.63, 3.8) is 0 Å². The minimum atomic E-state index is 0.103. The van der Waals surface area contributed by atoms with E-state index >= 15 is 0 Å². The van der Waals surface area contributed by atoms with Gasteiger partial charge in [-0.1, -0.05) is 11.8 Å². The second-order valence-corrected chi connectivity index (χ2v) is 8.34. The van der Waals surface area contributed by atoms with Crippen molar-refractivity contribution in [2.24, 2.45) is 0 Å². The molecule has 3 aromatic heterocycles. The third-order valence-corrected chi connectivity index (χ3v) is 6.21. The molecule has 1 aliphatic heterocycles. The van der Waals surface area contributed by atoms with Crippen LogP contribution in [-0.2, 0) is 11.3 Å². The lowest BCUT2D eigenvalue weighted by Crippen LogP contribution is -2.17. The molecule has 0 N–H and O–H groups in total. The van der Waals surface area contributed by atoms with Gasteiger partial charge in [-0.15, -0.1) is 10.2 Å². The molecular formula is C20H25N5O2S. The number of rotatable bonds is 6. The van der Waals surface area contributed by atoms with Gasteiger partial charge in [0, 0.05) is 41.5 Å². The number of aromatic nitrogens is 5. The van der Waals surface area contributed by atoms with Gasteiger partial charge in [-0.2, -0.15) is 0 Å². The van der Waals surface area contributed by atoms with E-state index in [9.17, 15) is 4.79 Å². The highest BCUT2D eigenvalue weighted by Crippen LogP contribution is 2.24. The predicted molar refractivity (Wildman–Crippen MR) is 108 cm³/mol. The van der Waals surface area contributed by atoms with E-state index in [1.165, 1.54) is 11.8 Å². The SMILES string of the molecule is Cc1cc(C)n2c(SCC(=O)c3cc(C)n(C[C@H]4CCCO4)c3C)nnc2n1. The van der Waals surface area contributed by atoms with Crippen LogP contribution in [0.25, 0.3) is 5.78 Å². The van der Waals surface area contributed by atoms with Gasteiger partial charge in [-0.3, -0.25) is 9.20 Å². The van der Waals surface area contributed by atoms with Crippen molar-refractivity contribution in [2.45, 2.75) is 58.3 Å². The molecule has 1 aliphatic rings. The Labute approximate surface area is 168 Å². The summed E-state index contributed by atoms with van der Waals surface area (Å²) >= 11 is 1.40. The second-order valence-electron chi connectivity index (χ2n) is 7.40. The summed E-state index contributed by atoms with van der Waals surface area (Å²) in [6.07, 6.45) is 2.46. The quantitative estimate of drug-likeness (QED) is 0.468. The van der Waals surface area contributed by atoms with Crippen LogP contribution in [0.15, 0.2) is 17.3 Å². The van der Waals surface area contributed by atoms with Gasteiger partial charge in [0.2, 0.25) is 0 Å². The molecule has 0 radical (unpaired) electrons. The maximum Gasteiger partial charge on any atom is 0.256 e. The molecule has 4 heterocycles. The first-order chi connectivity index (χ1) is 13.4. The molecule has 28 heavy (non-hydrogen) atoms. The van der Waals surface area contributed by atoms with E-state index in [4.69, 9.17) is 4.74 Å². The zero-order valence-electron chi connectivity index (χ0n) is 16.7. The molecule has 0 unspecified atom stereocenters. The van der Waals surface area contributed by atoms with Crippen LogP contribution in [0.5, 0.6) is 0 Å². The average Bonchev–Trinajstić information content (AvgIpc) is 3.36. The van der Waals surface area contributed by atoms with Crippen molar-refractivity contribution in [2.75, 3.05) is 12.4 Å². The van der Waals surface area contributed by atoms with Gasteiger partial charge < -0.3 is 9.30 Å². The van der Waals surface area contributed by atoms with E-state index in [0.29, 0.717) is 16.7 Å². The fourth-order valence-corrected chi connectivity index (χ4v) is 4.73. The van der Waals surface area contributed by atoms with Gasteiger partial charge in [-0.25, -0.2) is 4.98 Å². The van der Waals surface area contributed by atoms with Gasteiger partial charge in [0.15, 0.2) is 10.9 Å². The number of carbonyl (C=O) groups excluding carboxylic acids is 1. The number of hydrogen-bond donors (Lipinski definition) is 0. The Morgan fingerprint density at radius 2 is 2.04 bits per heavy atom. The van der Waals surface area contributed by atoms with Gasteiger partial charge >= 0.3 is 0 Å². The molecule has 1 fully saturated rings. The maximum absolute atomic E-state index is 12.9. The predicted octanol–water partition coefficient (Wildman–Crippen LogP) is 3.31. The first-order valence-corrected chi connectivity index (χ1v) is 10.6. The van der Waals surface area contributed by atoms with E-state index in [0.717, 1.165) is 54.3 Å². The van der Waals surface area contributed by atoms with Crippen LogP contribution >= 0.6 is 11.8 Å². The number of thioether (sulfide) groups is 1. The zero-order valence-corrected chi connectivity index (χ0v) is 17.5. The topological polar surface area (TPSA) is 74.3 Å². The zero-order chi connectivity index (χ0) is 19.8. The van der Waals surface area contributed by atoms with Gasteiger partial charge in [0.05, 0.1) is 11.9 Å². The second kappa shape index (κ2) is 7.67. The molecular weight excluding hydrogens is 374 g/mol. The monoisotopic (exact) mass is 399 g/mol. The Kier molecular flexibility index (Phi) is 5.25. The van der Waals surface area contributed by atoms with Crippen LogP contribution in [0.3, 0.4) is 0 Å². The normalized spacial score (nSPS) is 16.9. The number of Topliss-reactive ketones (excluding diaryl/α,β-unsaturated/α-hetero) is 1. The molecule has 0 amide bonds. The van der Waals surface area contributed by atoms with Crippen LogP contribution in [0, 0.1) is 27.7 Å². The summed E-state index contributed by atoms with van der Waals surface area (Å²) in [6, 6.07) is 3.98. The van der Waals surface area contributed by atoms with E-state index < -0.39 is 0 Å². The summed E-state index contributed by atoms with van der Waals surface area (Å²) in [7, 11) is 0. The molecule has 4 rings (SSSR count).